The van der Waals surface area contributed by atoms with Gasteiger partial charge in [0.2, 0.25) is 10.0 Å². The first-order chi connectivity index (χ1) is 11.8. The number of likely N-dealkylation sites (tertiary alicyclic amines) is 1. The third-order valence-electron chi connectivity index (χ3n) is 4.46. The van der Waals surface area contributed by atoms with E-state index in [-0.39, 0.29) is 10.8 Å². The molecule has 1 aliphatic heterocycles. The summed E-state index contributed by atoms with van der Waals surface area (Å²) < 4.78 is 26.3. The van der Waals surface area contributed by atoms with Gasteiger partial charge in [0.25, 0.3) is 5.91 Å². The highest BCUT2D eigenvalue weighted by Gasteiger charge is 2.28. The Labute approximate surface area is 148 Å². The van der Waals surface area contributed by atoms with E-state index < -0.39 is 21.9 Å². The molecular formula is C17H24N2O5S. The molecule has 1 saturated heterocycles. The summed E-state index contributed by atoms with van der Waals surface area (Å²) in [6, 6.07) is 6.02. The molecule has 1 fully saturated rings. The molecule has 0 aromatic heterocycles. The van der Waals surface area contributed by atoms with E-state index in [0.29, 0.717) is 44.5 Å². The lowest BCUT2D eigenvalue weighted by Crippen LogP contribution is -2.40. The van der Waals surface area contributed by atoms with Crippen LogP contribution in [0, 0.1) is 5.92 Å². The minimum Gasteiger partial charge on any atom is -0.481 e. The molecule has 1 aromatic rings. The van der Waals surface area contributed by atoms with Gasteiger partial charge in [0, 0.05) is 32.2 Å². The van der Waals surface area contributed by atoms with Gasteiger partial charge in [-0.2, -0.15) is 0 Å². The highest BCUT2D eigenvalue weighted by atomic mass is 32.2. The van der Waals surface area contributed by atoms with Crippen LogP contribution in [-0.4, -0.2) is 61.3 Å². The highest BCUT2D eigenvalue weighted by molar-refractivity contribution is 7.89. The van der Waals surface area contributed by atoms with Crippen molar-refractivity contribution < 1.29 is 23.1 Å². The van der Waals surface area contributed by atoms with E-state index in [1.807, 2.05) is 6.92 Å². The topological polar surface area (TPSA) is 95.0 Å². The average molecular weight is 368 g/mol. The van der Waals surface area contributed by atoms with Crippen molar-refractivity contribution in [1.29, 1.82) is 0 Å². The second-order valence-electron chi connectivity index (χ2n) is 6.26. The molecule has 0 saturated carbocycles. The number of carboxylic acid groups (broad SMARTS) is 1. The van der Waals surface area contributed by atoms with Crippen LogP contribution in [0.3, 0.4) is 0 Å². The maximum absolute atomic E-state index is 12.6. The van der Waals surface area contributed by atoms with Crippen molar-refractivity contribution in [3.63, 3.8) is 0 Å². The van der Waals surface area contributed by atoms with Gasteiger partial charge in [-0.3, -0.25) is 9.59 Å². The molecule has 25 heavy (non-hydrogen) atoms. The summed E-state index contributed by atoms with van der Waals surface area (Å²) in [6.45, 7) is 3.03. The quantitative estimate of drug-likeness (QED) is 0.824. The number of nitrogens with zero attached hydrogens (tertiary/aromatic N) is 2. The largest absolute Gasteiger partial charge is 0.481 e. The van der Waals surface area contributed by atoms with E-state index >= 15 is 0 Å². The molecule has 2 rings (SSSR count). The van der Waals surface area contributed by atoms with Crippen molar-refractivity contribution in [3.05, 3.63) is 29.8 Å². The molecule has 0 radical (unpaired) electrons. The monoisotopic (exact) mass is 368 g/mol. The number of benzene rings is 1. The van der Waals surface area contributed by atoms with Crippen LogP contribution >= 0.6 is 0 Å². The second-order valence-corrected chi connectivity index (χ2v) is 8.30. The Balaban J connectivity index is 2.16. The normalized spacial score (nSPS) is 16.2. The minimum atomic E-state index is -3.62. The van der Waals surface area contributed by atoms with Crippen LogP contribution < -0.4 is 0 Å². The van der Waals surface area contributed by atoms with Crippen LogP contribution in [0.15, 0.2) is 29.2 Å². The number of carboxylic acids is 1. The van der Waals surface area contributed by atoms with Gasteiger partial charge >= 0.3 is 5.97 Å². The molecule has 7 nitrogen and oxygen atoms in total. The highest BCUT2D eigenvalue weighted by Crippen LogP contribution is 2.21. The summed E-state index contributed by atoms with van der Waals surface area (Å²) in [5.41, 5.74) is 0.305. The second kappa shape index (κ2) is 7.97. The zero-order valence-electron chi connectivity index (χ0n) is 14.5. The fraction of sp³-hybridized carbons (Fsp3) is 0.529. The lowest BCUT2D eigenvalue weighted by molar-refractivity contribution is -0.143. The molecule has 1 aromatic carbocycles. The van der Waals surface area contributed by atoms with E-state index in [9.17, 15) is 18.0 Å². The van der Waals surface area contributed by atoms with Gasteiger partial charge < -0.3 is 10.0 Å². The van der Waals surface area contributed by atoms with Crippen molar-refractivity contribution in [1.82, 2.24) is 9.21 Å². The molecule has 0 bridgehead atoms. The number of piperidine rings is 1. The molecule has 0 aliphatic carbocycles. The number of aliphatic carboxylic acids is 1. The molecule has 1 aliphatic rings. The molecule has 1 N–H and O–H groups in total. The molecule has 138 valence electrons. The van der Waals surface area contributed by atoms with Crippen molar-refractivity contribution in [2.45, 2.75) is 31.1 Å². The Morgan fingerprint density at radius 3 is 2.48 bits per heavy atom. The number of amides is 1. The predicted molar refractivity (Wildman–Crippen MR) is 92.8 cm³/mol. The van der Waals surface area contributed by atoms with E-state index in [1.54, 1.807) is 17.0 Å². The Bertz CT molecular complexity index is 739. The fourth-order valence-corrected chi connectivity index (χ4v) is 4.23. The van der Waals surface area contributed by atoms with Gasteiger partial charge in [-0.1, -0.05) is 13.0 Å². The van der Waals surface area contributed by atoms with Gasteiger partial charge in [-0.15, -0.1) is 0 Å². The van der Waals surface area contributed by atoms with Gasteiger partial charge in [0.05, 0.1) is 10.8 Å². The molecule has 8 heteroatoms. The standard InChI is InChI=1S/C17H24N2O5S/c1-3-9-18(2)25(23,24)15-6-4-5-14(12-15)16(20)19-10-7-13(8-11-19)17(21)22/h4-6,12-13H,3,7-11H2,1-2H3,(H,21,22). The zero-order chi connectivity index (χ0) is 18.6. The number of hydrogen-bond acceptors (Lipinski definition) is 4. The summed E-state index contributed by atoms with van der Waals surface area (Å²) in [5, 5.41) is 9.03. The average Bonchev–Trinajstić information content (AvgIpc) is 2.61. The Hall–Kier alpha value is -1.93. The van der Waals surface area contributed by atoms with E-state index in [4.69, 9.17) is 5.11 Å². The Morgan fingerprint density at radius 2 is 1.92 bits per heavy atom. The van der Waals surface area contributed by atoms with E-state index in [1.165, 1.54) is 23.5 Å². The maximum atomic E-state index is 12.6. The van der Waals surface area contributed by atoms with Crippen LogP contribution in [0.5, 0.6) is 0 Å². The smallest absolute Gasteiger partial charge is 0.306 e. The molecule has 1 amide bonds. The van der Waals surface area contributed by atoms with Crippen molar-refractivity contribution in [2.75, 3.05) is 26.7 Å². The first kappa shape index (κ1) is 19.4. The van der Waals surface area contributed by atoms with Crippen LogP contribution in [-0.2, 0) is 14.8 Å². The molecule has 0 spiro atoms. The van der Waals surface area contributed by atoms with Gasteiger partial charge in [-0.25, -0.2) is 12.7 Å². The SMILES string of the molecule is CCCN(C)S(=O)(=O)c1cccc(C(=O)N2CCC(C(=O)O)CC2)c1. The minimum absolute atomic E-state index is 0.0923. The lowest BCUT2D eigenvalue weighted by atomic mass is 9.96. The molecular weight excluding hydrogens is 344 g/mol. The van der Waals surface area contributed by atoms with Gasteiger partial charge in [0.1, 0.15) is 0 Å². The number of hydrogen-bond donors (Lipinski definition) is 1. The van der Waals surface area contributed by atoms with Crippen LogP contribution in [0.25, 0.3) is 0 Å². The summed E-state index contributed by atoms with van der Waals surface area (Å²) in [4.78, 5) is 25.3. The summed E-state index contributed by atoms with van der Waals surface area (Å²) >= 11 is 0. The number of carbonyl (C=O) groups is 2. The maximum Gasteiger partial charge on any atom is 0.306 e. The molecule has 1 heterocycles. The fourth-order valence-electron chi connectivity index (χ4n) is 2.92. The first-order valence-corrected chi connectivity index (χ1v) is 9.80. The van der Waals surface area contributed by atoms with E-state index in [2.05, 4.69) is 0 Å². The van der Waals surface area contributed by atoms with Crippen molar-refractivity contribution in [3.8, 4) is 0 Å². The van der Waals surface area contributed by atoms with Gasteiger partial charge in [-0.05, 0) is 37.5 Å². The van der Waals surface area contributed by atoms with Gasteiger partial charge in [0.15, 0.2) is 0 Å². The first-order valence-electron chi connectivity index (χ1n) is 8.36. The number of rotatable bonds is 6. The van der Waals surface area contributed by atoms with Crippen LogP contribution in [0.2, 0.25) is 0 Å². The number of carbonyl (C=O) groups excluding carboxylic acids is 1. The summed E-state index contributed by atoms with van der Waals surface area (Å²) in [6.07, 6.45) is 1.53. The van der Waals surface area contributed by atoms with Crippen molar-refractivity contribution in [2.24, 2.45) is 5.92 Å². The van der Waals surface area contributed by atoms with Crippen LogP contribution in [0.4, 0.5) is 0 Å². The van der Waals surface area contributed by atoms with Crippen LogP contribution in [0.1, 0.15) is 36.5 Å². The summed E-state index contributed by atoms with van der Waals surface area (Å²) in [5.74, 6) is -1.52. The molecule has 0 atom stereocenters. The molecule has 0 unspecified atom stereocenters. The third kappa shape index (κ3) is 4.38. The number of sulfonamides is 1. The third-order valence-corrected chi connectivity index (χ3v) is 6.31. The zero-order valence-corrected chi connectivity index (χ0v) is 15.3. The van der Waals surface area contributed by atoms with E-state index in [0.717, 1.165) is 0 Å². The lowest BCUT2D eigenvalue weighted by Gasteiger charge is -2.30. The Kier molecular flexibility index (Phi) is 6.18. The predicted octanol–water partition coefficient (Wildman–Crippen LogP) is 1.65. The Morgan fingerprint density at radius 1 is 1.28 bits per heavy atom. The van der Waals surface area contributed by atoms with Crippen molar-refractivity contribution >= 4 is 21.9 Å². The summed E-state index contributed by atoms with van der Waals surface area (Å²) in [7, 11) is -2.11.